The molecule has 266 valence electrons. The van der Waals surface area contributed by atoms with Gasteiger partial charge in [0, 0.05) is 0 Å². The molecule has 0 aliphatic heterocycles. The molecular formula is C21F26. The lowest BCUT2D eigenvalue weighted by atomic mass is 9.75. The quantitative estimate of drug-likeness (QED) is 0.166. The summed E-state index contributed by atoms with van der Waals surface area (Å²) in [6.07, 6.45) is -42.9. The van der Waals surface area contributed by atoms with E-state index in [0.29, 0.717) is 0 Å². The molecule has 0 saturated carbocycles. The highest BCUT2D eigenvalue weighted by atomic mass is 19.4. The van der Waals surface area contributed by atoms with Crippen molar-refractivity contribution in [1.82, 2.24) is 0 Å². The van der Waals surface area contributed by atoms with E-state index in [0.717, 1.165) is 0 Å². The van der Waals surface area contributed by atoms with Crippen LogP contribution in [0.25, 0.3) is 16.7 Å². The molecule has 0 nitrogen and oxygen atoms in total. The van der Waals surface area contributed by atoms with Crippen LogP contribution in [0.2, 0.25) is 0 Å². The summed E-state index contributed by atoms with van der Waals surface area (Å²) in [5, 5.41) is 0. The molecule has 0 N–H and O–H groups in total. The summed E-state index contributed by atoms with van der Waals surface area (Å²) in [6.45, 7) is 0. The monoisotopic (exact) mass is 746 g/mol. The molecule has 0 heterocycles. The Hall–Kier alpha value is -3.64. The van der Waals surface area contributed by atoms with Gasteiger partial charge in [-0.05, 0) is 0 Å². The topological polar surface area (TPSA) is 0 Å². The van der Waals surface area contributed by atoms with Crippen molar-refractivity contribution < 1.29 is 114 Å². The van der Waals surface area contributed by atoms with E-state index in [1.807, 2.05) is 0 Å². The molecule has 0 aromatic heterocycles. The number of hydrogen-bond donors (Lipinski definition) is 0. The summed E-state index contributed by atoms with van der Waals surface area (Å²) in [5.41, 5.74) is -41.6. The first-order valence-corrected chi connectivity index (χ1v) is 10.4. The van der Waals surface area contributed by atoms with Crippen LogP contribution in [0.3, 0.4) is 0 Å². The highest BCUT2D eigenvalue weighted by Gasteiger charge is 2.87. The Balaban J connectivity index is 3.64. The summed E-state index contributed by atoms with van der Waals surface area (Å²) in [4.78, 5) is 0. The molecule has 2 aromatic carbocycles. The number of halogens is 26. The summed E-state index contributed by atoms with van der Waals surface area (Å²) in [6, 6.07) is 0. The molecule has 0 aliphatic rings. The molecule has 2 rings (SSSR count). The van der Waals surface area contributed by atoms with Crippen LogP contribution in [0.4, 0.5) is 114 Å². The Morgan fingerprint density at radius 2 is 0.511 bits per heavy atom. The van der Waals surface area contributed by atoms with Crippen molar-refractivity contribution in [3.63, 3.8) is 0 Å². The van der Waals surface area contributed by atoms with Crippen molar-refractivity contribution in [2.45, 2.75) is 42.2 Å². The van der Waals surface area contributed by atoms with Crippen LogP contribution in [0, 0.1) is 52.4 Å². The number of allylic oxidation sites excluding steroid dienone is 2. The standard InChI is InChI=1S/C21F26/c22-5-1(2-7(24)11(28)13(30)12(29)8(2)25)6(23)10(27)3(9(5)26)4(17(33,34)35)14(15(31,18(36,37)38)19(39,40)41)16(32,20(42,43)44)21(45,46)47. The fraction of sp³-hybridized carbons (Fsp3) is 0.333. The lowest BCUT2D eigenvalue weighted by Crippen LogP contribution is -2.66. The maximum Gasteiger partial charge on any atom is 0.435 e. The average molecular weight is 746 g/mol. The van der Waals surface area contributed by atoms with Gasteiger partial charge < -0.3 is 0 Å². The molecule has 47 heavy (non-hydrogen) atoms. The Bertz CT molecular complexity index is 1480. The molecule has 0 aliphatic carbocycles. The van der Waals surface area contributed by atoms with Crippen molar-refractivity contribution in [3.8, 4) is 11.1 Å². The van der Waals surface area contributed by atoms with Crippen molar-refractivity contribution >= 4 is 5.57 Å². The highest BCUT2D eigenvalue weighted by molar-refractivity contribution is 5.80. The maximum atomic E-state index is 14.8. The van der Waals surface area contributed by atoms with Crippen LogP contribution in [-0.4, -0.2) is 42.2 Å². The van der Waals surface area contributed by atoms with Crippen LogP contribution in [0.5, 0.6) is 0 Å². The van der Waals surface area contributed by atoms with E-state index in [-0.39, 0.29) is 0 Å². The van der Waals surface area contributed by atoms with E-state index in [9.17, 15) is 114 Å². The lowest BCUT2D eigenvalue weighted by molar-refractivity contribution is -0.363. The second-order valence-electron chi connectivity index (χ2n) is 8.51. The van der Waals surface area contributed by atoms with E-state index in [1.54, 1.807) is 0 Å². The Morgan fingerprint density at radius 1 is 0.298 bits per heavy atom. The van der Waals surface area contributed by atoms with E-state index < -0.39 is 122 Å². The Morgan fingerprint density at radius 3 is 0.723 bits per heavy atom. The zero-order valence-electron chi connectivity index (χ0n) is 20.3. The molecule has 0 radical (unpaired) electrons. The predicted molar refractivity (Wildman–Crippen MR) is 96.4 cm³/mol. The molecule has 0 saturated heterocycles. The number of hydrogen-bond acceptors (Lipinski definition) is 0. The first-order chi connectivity index (χ1) is 20.6. The van der Waals surface area contributed by atoms with Gasteiger partial charge in [-0.2, -0.15) is 65.9 Å². The molecule has 0 fully saturated rings. The SMILES string of the molecule is Fc1c(F)c(F)c(-c2c(F)c(F)c(C(=C(C(F)(C(F)(F)F)C(F)(F)F)C(F)(C(F)(F)F)C(F)(F)F)C(F)(F)F)c(F)c2F)c(F)c1F. The molecule has 0 spiro atoms. The van der Waals surface area contributed by atoms with Gasteiger partial charge >= 0.3 is 42.2 Å². The van der Waals surface area contributed by atoms with Crippen molar-refractivity contribution in [2.75, 3.05) is 0 Å². The second-order valence-corrected chi connectivity index (χ2v) is 8.51. The number of alkyl halides is 17. The summed E-state index contributed by atoms with van der Waals surface area (Å²) >= 11 is 0. The second kappa shape index (κ2) is 11.2. The smallest absolute Gasteiger partial charge is 0.218 e. The minimum absolute atomic E-state index is 3.24. The summed E-state index contributed by atoms with van der Waals surface area (Å²) < 4.78 is 359. The van der Waals surface area contributed by atoms with Gasteiger partial charge in [0.15, 0.2) is 46.5 Å². The van der Waals surface area contributed by atoms with Gasteiger partial charge in [0.2, 0.25) is 5.82 Å². The van der Waals surface area contributed by atoms with E-state index in [2.05, 4.69) is 0 Å². The van der Waals surface area contributed by atoms with Crippen molar-refractivity contribution in [2.24, 2.45) is 0 Å². The van der Waals surface area contributed by atoms with Gasteiger partial charge in [-0.25, -0.2) is 48.3 Å². The third kappa shape index (κ3) is 5.67. The van der Waals surface area contributed by atoms with Crippen molar-refractivity contribution in [1.29, 1.82) is 0 Å². The minimum atomic E-state index is -9.00. The normalized spacial score (nSPS) is 14.2. The molecule has 0 amide bonds. The molecule has 26 heteroatoms. The molecule has 0 atom stereocenters. The van der Waals surface area contributed by atoms with Gasteiger partial charge in [0.25, 0.3) is 0 Å². The van der Waals surface area contributed by atoms with Gasteiger partial charge in [0.1, 0.15) is 0 Å². The Labute approximate surface area is 237 Å². The lowest BCUT2D eigenvalue weighted by Gasteiger charge is -2.41. The highest BCUT2D eigenvalue weighted by Crippen LogP contribution is 2.64. The first-order valence-electron chi connectivity index (χ1n) is 10.4. The molecule has 0 unspecified atom stereocenters. The Kier molecular flexibility index (Phi) is 9.44. The third-order valence-corrected chi connectivity index (χ3v) is 5.76. The van der Waals surface area contributed by atoms with E-state index in [4.69, 9.17) is 0 Å². The fourth-order valence-corrected chi connectivity index (χ4v) is 3.77. The number of rotatable bonds is 4. The zero-order valence-corrected chi connectivity index (χ0v) is 20.3. The van der Waals surface area contributed by atoms with Crippen molar-refractivity contribution in [3.05, 3.63) is 63.5 Å². The minimum Gasteiger partial charge on any atom is -0.218 e. The number of benzene rings is 2. The van der Waals surface area contributed by atoms with Gasteiger partial charge in [0.05, 0.1) is 27.8 Å². The first kappa shape index (κ1) is 39.5. The molecular weight excluding hydrogens is 746 g/mol. The predicted octanol–water partition coefficient (Wildman–Crippen LogP) is 10.6. The van der Waals surface area contributed by atoms with Crippen LogP contribution < -0.4 is 0 Å². The van der Waals surface area contributed by atoms with E-state index in [1.165, 1.54) is 0 Å². The third-order valence-electron chi connectivity index (χ3n) is 5.76. The average Bonchev–Trinajstić information content (AvgIpc) is 2.87. The van der Waals surface area contributed by atoms with Crippen LogP contribution in [0.1, 0.15) is 5.56 Å². The van der Waals surface area contributed by atoms with Crippen LogP contribution >= 0.6 is 0 Å². The fourth-order valence-electron chi connectivity index (χ4n) is 3.77. The van der Waals surface area contributed by atoms with Crippen LogP contribution in [-0.2, 0) is 0 Å². The summed E-state index contributed by atoms with van der Waals surface area (Å²) in [5.74, 6) is -34.3. The van der Waals surface area contributed by atoms with Gasteiger partial charge in [-0.1, -0.05) is 0 Å². The largest absolute Gasteiger partial charge is 0.435 e. The molecule has 0 bridgehead atoms. The van der Waals surface area contributed by atoms with E-state index >= 15 is 0 Å². The summed E-state index contributed by atoms with van der Waals surface area (Å²) in [7, 11) is 0. The molecule has 2 aromatic rings. The zero-order chi connectivity index (χ0) is 37.6. The van der Waals surface area contributed by atoms with Crippen LogP contribution in [0.15, 0.2) is 5.57 Å². The maximum absolute atomic E-state index is 14.8. The van der Waals surface area contributed by atoms with Gasteiger partial charge in [-0.3, -0.25) is 0 Å². The van der Waals surface area contributed by atoms with Gasteiger partial charge in [-0.15, -0.1) is 0 Å².